The summed E-state index contributed by atoms with van der Waals surface area (Å²) in [5.74, 6) is -0.782. The van der Waals surface area contributed by atoms with Crippen LogP contribution in [0, 0.1) is 5.41 Å². The molecule has 0 bridgehead atoms. The number of nitrogens with zero attached hydrogens (tertiary/aromatic N) is 1. The minimum atomic E-state index is -0.945. The van der Waals surface area contributed by atoms with E-state index in [0.717, 1.165) is 43.4 Å². The van der Waals surface area contributed by atoms with Gasteiger partial charge >= 0.3 is 5.97 Å². The minimum absolute atomic E-state index is 0.163. The zero-order valence-corrected chi connectivity index (χ0v) is 11.7. The van der Waals surface area contributed by atoms with E-state index in [2.05, 4.69) is 0 Å². The number of amides is 1. The monoisotopic (exact) mass is 273 g/mol. The van der Waals surface area contributed by atoms with E-state index in [4.69, 9.17) is 5.11 Å². The first-order chi connectivity index (χ1) is 9.51. The molecule has 1 heterocycles. The normalized spacial score (nSPS) is 19.9. The Balaban J connectivity index is 1.94. The number of anilines is 1. The molecule has 1 N–H and O–H groups in total. The van der Waals surface area contributed by atoms with Gasteiger partial charge < -0.3 is 10.0 Å². The van der Waals surface area contributed by atoms with Crippen molar-refractivity contribution in [3.05, 3.63) is 29.3 Å². The maximum absolute atomic E-state index is 12.8. The number of aromatic carboxylic acids is 1. The molecule has 1 aromatic rings. The summed E-state index contributed by atoms with van der Waals surface area (Å²) in [6.45, 7) is 2.72. The summed E-state index contributed by atoms with van der Waals surface area (Å²) in [7, 11) is 0. The fourth-order valence-corrected chi connectivity index (χ4v) is 3.42. The Morgan fingerprint density at radius 2 is 1.95 bits per heavy atom. The van der Waals surface area contributed by atoms with Crippen molar-refractivity contribution in [2.24, 2.45) is 5.41 Å². The standard InChI is InChI=1S/C16H19NO3/c1-16(7-2-3-8-16)15(20)17-9-6-11-4-5-12(14(18)19)10-13(11)17/h4-5,10H,2-3,6-9H2,1H3,(H,18,19). The van der Waals surface area contributed by atoms with E-state index < -0.39 is 5.97 Å². The first kappa shape index (κ1) is 13.2. The summed E-state index contributed by atoms with van der Waals surface area (Å²) in [4.78, 5) is 25.7. The molecule has 20 heavy (non-hydrogen) atoms. The van der Waals surface area contributed by atoms with Crippen molar-refractivity contribution in [2.75, 3.05) is 11.4 Å². The third-order valence-electron chi connectivity index (χ3n) is 4.70. The molecule has 1 aromatic carbocycles. The van der Waals surface area contributed by atoms with Gasteiger partial charge in [0.2, 0.25) is 5.91 Å². The lowest BCUT2D eigenvalue weighted by molar-refractivity contribution is -0.127. The van der Waals surface area contributed by atoms with Gasteiger partial charge in [-0.05, 0) is 37.0 Å². The Morgan fingerprint density at radius 1 is 1.25 bits per heavy atom. The minimum Gasteiger partial charge on any atom is -0.478 e. The molecule has 1 fully saturated rings. The van der Waals surface area contributed by atoms with Gasteiger partial charge in [-0.3, -0.25) is 4.79 Å². The molecular formula is C16H19NO3. The van der Waals surface area contributed by atoms with Crippen molar-refractivity contribution in [1.29, 1.82) is 0 Å². The van der Waals surface area contributed by atoms with Gasteiger partial charge in [-0.25, -0.2) is 4.79 Å². The zero-order valence-electron chi connectivity index (χ0n) is 11.7. The molecule has 4 nitrogen and oxygen atoms in total. The van der Waals surface area contributed by atoms with Crippen LogP contribution in [0.4, 0.5) is 5.69 Å². The first-order valence-electron chi connectivity index (χ1n) is 7.19. The Morgan fingerprint density at radius 3 is 2.60 bits per heavy atom. The summed E-state index contributed by atoms with van der Waals surface area (Å²) in [6, 6.07) is 5.09. The van der Waals surface area contributed by atoms with Crippen LogP contribution in [0.15, 0.2) is 18.2 Å². The average molecular weight is 273 g/mol. The van der Waals surface area contributed by atoms with Crippen LogP contribution >= 0.6 is 0 Å². The second kappa shape index (κ2) is 4.62. The van der Waals surface area contributed by atoms with Crippen molar-refractivity contribution in [3.63, 3.8) is 0 Å². The number of hydrogen-bond donors (Lipinski definition) is 1. The Labute approximate surface area is 118 Å². The van der Waals surface area contributed by atoms with Crippen LogP contribution < -0.4 is 4.90 Å². The highest BCUT2D eigenvalue weighted by Gasteiger charge is 2.41. The van der Waals surface area contributed by atoms with Crippen LogP contribution in [-0.4, -0.2) is 23.5 Å². The van der Waals surface area contributed by atoms with Crippen LogP contribution in [0.2, 0.25) is 0 Å². The Kier molecular flexibility index (Phi) is 3.04. The van der Waals surface area contributed by atoms with E-state index in [-0.39, 0.29) is 16.9 Å². The average Bonchev–Trinajstić information content (AvgIpc) is 3.04. The predicted octanol–water partition coefficient (Wildman–Crippen LogP) is 2.85. The number of carbonyl (C=O) groups is 2. The molecule has 106 valence electrons. The van der Waals surface area contributed by atoms with Crippen molar-refractivity contribution in [2.45, 2.75) is 39.0 Å². The van der Waals surface area contributed by atoms with E-state index in [9.17, 15) is 9.59 Å². The van der Waals surface area contributed by atoms with Gasteiger partial charge in [0.25, 0.3) is 0 Å². The summed E-state index contributed by atoms with van der Waals surface area (Å²) >= 11 is 0. The van der Waals surface area contributed by atoms with Crippen LogP contribution in [0.5, 0.6) is 0 Å². The third kappa shape index (κ3) is 1.99. The molecule has 0 unspecified atom stereocenters. The molecule has 0 spiro atoms. The largest absolute Gasteiger partial charge is 0.478 e. The topological polar surface area (TPSA) is 57.6 Å². The van der Waals surface area contributed by atoms with E-state index in [0.29, 0.717) is 6.54 Å². The van der Waals surface area contributed by atoms with E-state index in [1.807, 2.05) is 13.0 Å². The molecule has 2 aliphatic rings. The zero-order chi connectivity index (χ0) is 14.3. The lowest BCUT2D eigenvalue weighted by Crippen LogP contribution is -2.40. The van der Waals surface area contributed by atoms with Gasteiger partial charge in [0, 0.05) is 17.6 Å². The van der Waals surface area contributed by atoms with Crippen LogP contribution in [-0.2, 0) is 11.2 Å². The van der Waals surface area contributed by atoms with Crippen LogP contribution in [0.1, 0.15) is 48.5 Å². The van der Waals surface area contributed by atoms with Gasteiger partial charge in [0.15, 0.2) is 0 Å². The summed E-state index contributed by atoms with van der Waals surface area (Å²) in [5, 5.41) is 9.10. The van der Waals surface area contributed by atoms with E-state index in [1.54, 1.807) is 17.0 Å². The van der Waals surface area contributed by atoms with E-state index >= 15 is 0 Å². The third-order valence-corrected chi connectivity index (χ3v) is 4.70. The maximum Gasteiger partial charge on any atom is 0.335 e. The number of carboxylic acid groups (broad SMARTS) is 1. The summed E-state index contributed by atoms with van der Waals surface area (Å²) < 4.78 is 0. The van der Waals surface area contributed by atoms with Gasteiger partial charge in [-0.1, -0.05) is 25.8 Å². The Hall–Kier alpha value is -1.84. The smallest absolute Gasteiger partial charge is 0.335 e. The van der Waals surface area contributed by atoms with Crippen LogP contribution in [0.3, 0.4) is 0 Å². The summed E-state index contributed by atoms with van der Waals surface area (Å²) in [5.41, 5.74) is 1.86. The SMILES string of the molecule is CC1(C(=O)N2CCc3ccc(C(=O)O)cc32)CCCC1. The molecule has 0 aromatic heterocycles. The molecular weight excluding hydrogens is 254 g/mol. The number of rotatable bonds is 2. The number of benzene rings is 1. The fourth-order valence-electron chi connectivity index (χ4n) is 3.42. The van der Waals surface area contributed by atoms with E-state index in [1.165, 1.54) is 0 Å². The van der Waals surface area contributed by atoms with Gasteiger partial charge in [0.05, 0.1) is 5.56 Å². The predicted molar refractivity (Wildman–Crippen MR) is 76.0 cm³/mol. The second-order valence-corrected chi connectivity index (χ2v) is 6.12. The van der Waals surface area contributed by atoms with Gasteiger partial charge in [-0.2, -0.15) is 0 Å². The molecule has 1 amide bonds. The lowest BCUT2D eigenvalue weighted by atomic mass is 9.87. The number of hydrogen-bond acceptors (Lipinski definition) is 2. The highest BCUT2D eigenvalue weighted by atomic mass is 16.4. The number of carbonyl (C=O) groups excluding carboxylic acids is 1. The maximum atomic E-state index is 12.8. The molecule has 0 saturated heterocycles. The molecule has 0 radical (unpaired) electrons. The molecule has 3 rings (SSSR count). The molecule has 1 aliphatic heterocycles. The lowest BCUT2D eigenvalue weighted by Gasteiger charge is -2.29. The second-order valence-electron chi connectivity index (χ2n) is 6.12. The van der Waals surface area contributed by atoms with Gasteiger partial charge in [0.1, 0.15) is 0 Å². The quantitative estimate of drug-likeness (QED) is 0.901. The van der Waals surface area contributed by atoms with Crippen molar-refractivity contribution < 1.29 is 14.7 Å². The van der Waals surface area contributed by atoms with Crippen molar-refractivity contribution in [1.82, 2.24) is 0 Å². The van der Waals surface area contributed by atoms with Gasteiger partial charge in [-0.15, -0.1) is 0 Å². The molecule has 4 heteroatoms. The first-order valence-corrected chi connectivity index (χ1v) is 7.19. The molecule has 0 atom stereocenters. The molecule has 1 saturated carbocycles. The van der Waals surface area contributed by atoms with Crippen molar-refractivity contribution >= 4 is 17.6 Å². The highest BCUT2D eigenvalue weighted by molar-refractivity contribution is 6.00. The number of fused-ring (bicyclic) bond motifs is 1. The fraction of sp³-hybridized carbons (Fsp3) is 0.500. The number of carboxylic acids is 1. The van der Waals surface area contributed by atoms with Crippen molar-refractivity contribution in [3.8, 4) is 0 Å². The highest BCUT2D eigenvalue weighted by Crippen LogP contribution is 2.42. The molecule has 1 aliphatic carbocycles. The summed E-state index contributed by atoms with van der Waals surface area (Å²) in [6.07, 6.45) is 4.92. The Bertz CT molecular complexity index is 573. The van der Waals surface area contributed by atoms with Crippen LogP contribution in [0.25, 0.3) is 0 Å².